The molecule has 26 heavy (non-hydrogen) atoms. The molecule has 0 saturated heterocycles. The van der Waals surface area contributed by atoms with Crippen LogP contribution in [0.25, 0.3) is 22.1 Å². The van der Waals surface area contributed by atoms with E-state index in [4.69, 9.17) is 4.74 Å². The lowest BCUT2D eigenvalue weighted by molar-refractivity contribution is 0.102. The molecule has 6 heteroatoms. The number of rotatable bonds is 3. The molecule has 0 bridgehead atoms. The van der Waals surface area contributed by atoms with Gasteiger partial charge in [-0.15, -0.1) is 0 Å². The van der Waals surface area contributed by atoms with Gasteiger partial charge in [-0.05, 0) is 48.5 Å². The quantitative estimate of drug-likeness (QED) is 0.565. The highest BCUT2D eigenvalue weighted by Crippen LogP contribution is 2.30. The van der Waals surface area contributed by atoms with Crippen molar-refractivity contribution in [2.45, 2.75) is 0 Å². The molecule has 4 rings (SSSR count). The summed E-state index contributed by atoms with van der Waals surface area (Å²) in [5.41, 5.74) is 3.39. The lowest BCUT2D eigenvalue weighted by atomic mass is 10.1. The van der Waals surface area contributed by atoms with Gasteiger partial charge in [0.25, 0.3) is 5.91 Å². The van der Waals surface area contributed by atoms with E-state index in [0.717, 1.165) is 5.52 Å². The van der Waals surface area contributed by atoms with Crippen molar-refractivity contribution in [3.63, 3.8) is 0 Å². The molecule has 1 amide bonds. The van der Waals surface area contributed by atoms with Crippen molar-refractivity contribution in [2.75, 3.05) is 12.4 Å². The maximum absolute atomic E-state index is 13.1. The number of aromatic nitrogens is 2. The van der Waals surface area contributed by atoms with Crippen LogP contribution in [0.2, 0.25) is 0 Å². The van der Waals surface area contributed by atoms with Gasteiger partial charge >= 0.3 is 0 Å². The topological polar surface area (TPSA) is 64.1 Å². The Morgan fingerprint density at radius 3 is 2.23 bits per heavy atom. The zero-order valence-corrected chi connectivity index (χ0v) is 13.9. The first-order valence-corrected chi connectivity index (χ1v) is 7.96. The molecule has 0 aliphatic rings. The summed E-state index contributed by atoms with van der Waals surface area (Å²) in [6.07, 6.45) is 0. The van der Waals surface area contributed by atoms with Gasteiger partial charge < -0.3 is 10.1 Å². The van der Waals surface area contributed by atoms with Gasteiger partial charge in [0.15, 0.2) is 0 Å². The maximum atomic E-state index is 13.1. The van der Waals surface area contributed by atoms with Gasteiger partial charge in [0.2, 0.25) is 0 Å². The minimum Gasteiger partial charge on any atom is -0.494 e. The van der Waals surface area contributed by atoms with Crippen LogP contribution in [0.5, 0.6) is 5.75 Å². The largest absolute Gasteiger partial charge is 0.494 e. The number of amides is 1. The molecular weight excluding hydrogens is 333 g/mol. The molecule has 0 aliphatic carbocycles. The lowest BCUT2D eigenvalue weighted by Crippen LogP contribution is -2.12. The summed E-state index contributed by atoms with van der Waals surface area (Å²) < 4.78 is 18.4. The van der Waals surface area contributed by atoms with Crippen molar-refractivity contribution in [3.05, 3.63) is 72.0 Å². The van der Waals surface area contributed by atoms with E-state index in [9.17, 15) is 9.18 Å². The van der Waals surface area contributed by atoms with Crippen LogP contribution in [-0.2, 0) is 0 Å². The predicted molar refractivity (Wildman–Crippen MR) is 97.9 cm³/mol. The molecule has 4 aromatic rings. The van der Waals surface area contributed by atoms with Crippen molar-refractivity contribution in [3.8, 4) is 5.75 Å². The van der Waals surface area contributed by atoms with Crippen molar-refractivity contribution in [2.24, 2.45) is 0 Å². The molecule has 0 radical (unpaired) electrons. The van der Waals surface area contributed by atoms with Crippen molar-refractivity contribution >= 4 is 33.7 Å². The Kier molecular flexibility index (Phi) is 3.93. The van der Waals surface area contributed by atoms with Crippen LogP contribution in [0.4, 0.5) is 10.1 Å². The number of halogens is 1. The van der Waals surface area contributed by atoms with Crippen LogP contribution >= 0.6 is 0 Å². The number of fused-ring (bicyclic) bond motifs is 2. The second kappa shape index (κ2) is 6.40. The van der Waals surface area contributed by atoms with Crippen molar-refractivity contribution < 1.29 is 13.9 Å². The fraction of sp³-hybridized carbons (Fsp3) is 0.0500. The predicted octanol–water partition coefficient (Wildman–Crippen LogP) is 4.18. The lowest BCUT2D eigenvalue weighted by Gasteiger charge is -2.11. The van der Waals surface area contributed by atoms with E-state index < -0.39 is 5.82 Å². The maximum Gasteiger partial charge on any atom is 0.255 e. The summed E-state index contributed by atoms with van der Waals surface area (Å²) in [7, 11) is 1.56. The summed E-state index contributed by atoms with van der Waals surface area (Å²) in [5.74, 6) is -0.182. The summed E-state index contributed by atoms with van der Waals surface area (Å²) >= 11 is 0. The molecule has 1 aromatic heterocycles. The number of carbonyl (C=O) groups is 1. The number of methoxy groups -OCH3 is 1. The van der Waals surface area contributed by atoms with E-state index in [1.807, 2.05) is 24.3 Å². The Morgan fingerprint density at radius 1 is 0.923 bits per heavy atom. The Bertz CT molecular complexity index is 1130. The molecule has 0 spiro atoms. The average molecular weight is 347 g/mol. The molecule has 0 fully saturated rings. The molecule has 5 nitrogen and oxygen atoms in total. The molecule has 128 valence electrons. The van der Waals surface area contributed by atoms with Gasteiger partial charge in [-0.25, -0.2) is 14.4 Å². The van der Waals surface area contributed by atoms with Crippen LogP contribution in [0.15, 0.2) is 60.7 Å². The third kappa shape index (κ3) is 2.82. The van der Waals surface area contributed by atoms with Gasteiger partial charge in [-0.3, -0.25) is 4.79 Å². The highest BCUT2D eigenvalue weighted by molar-refractivity contribution is 6.09. The average Bonchev–Trinajstić information content (AvgIpc) is 2.67. The number of hydrogen-bond donors (Lipinski definition) is 1. The summed E-state index contributed by atoms with van der Waals surface area (Å²) in [6.45, 7) is 0. The molecule has 0 saturated carbocycles. The van der Waals surface area contributed by atoms with Gasteiger partial charge in [-0.2, -0.15) is 0 Å². The molecule has 0 atom stereocenters. The monoisotopic (exact) mass is 347 g/mol. The van der Waals surface area contributed by atoms with Crippen LogP contribution in [-0.4, -0.2) is 23.0 Å². The third-order valence-corrected chi connectivity index (χ3v) is 4.03. The first-order chi connectivity index (χ1) is 12.7. The first kappa shape index (κ1) is 16.0. The van der Waals surface area contributed by atoms with E-state index in [1.54, 1.807) is 19.2 Å². The standard InChI is InChI=1S/C20H14FN3O2/c1-26-17-11-10-16(24-20(25)12-6-8-13(21)9-7-12)18-19(17)23-15-5-3-2-4-14(15)22-18/h2-11H,1H3,(H,24,25). The van der Waals surface area contributed by atoms with Crippen LogP contribution in [0, 0.1) is 5.82 Å². The third-order valence-electron chi connectivity index (χ3n) is 4.03. The van der Waals surface area contributed by atoms with E-state index in [1.165, 1.54) is 24.3 Å². The van der Waals surface area contributed by atoms with E-state index in [2.05, 4.69) is 15.3 Å². The van der Waals surface area contributed by atoms with E-state index in [0.29, 0.717) is 33.6 Å². The molecular formula is C20H14FN3O2. The number of benzene rings is 3. The molecule has 1 heterocycles. The van der Waals surface area contributed by atoms with Gasteiger partial charge in [0.05, 0.1) is 23.8 Å². The molecule has 3 aromatic carbocycles. The minimum absolute atomic E-state index is 0.351. The highest BCUT2D eigenvalue weighted by Gasteiger charge is 2.14. The normalized spacial score (nSPS) is 10.8. The van der Waals surface area contributed by atoms with E-state index >= 15 is 0 Å². The fourth-order valence-corrected chi connectivity index (χ4v) is 2.74. The Labute approximate surface area is 148 Å². The number of carbonyl (C=O) groups excluding carboxylic acids is 1. The zero-order chi connectivity index (χ0) is 18.1. The van der Waals surface area contributed by atoms with Crippen LogP contribution in [0.3, 0.4) is 0 Å². The first-order valence-electron chi connectivity index (χ1n) is 7.96. The second-order valence-electron chi connectivity index (χ2n) is 5.69. The number of ether oxygens (including phenoxy) is 1. The summed E-state index contributed by atoms with van der Waals surface area (Å²) in [4.78, 5) is 21.7. The minimum atomic E-state index is -0.395. The van der Waals surface area contributed by atoms with Gasteiger partial charge in [-0.1, -0.05) is 12.1 Å². The smallest absolute Gasteiger partial charge is 0.255 e. The molecule has 0 unspecified atom stereocenters. The van der Waals surface area contributed by atoms with Crippen LogP contribution in [0.1, 0.15) is 10.4 Å². The Hall–Kier alpha value is -3.54. The number of nitrogens with zero attached hydrogens (tertiary/aromatic N) is 2. The summed E-state index contributed by atoms with van der Waals surface area (Å²) in [5, 5.41) is 2.82. The van der Waals surface area contributed by atoms with Crippen LogP contribution < -0.4 is 10.1 Å². The molecule has 1 N–H and O–H groups in total. The number of hydrogen-bond acceptors (Lipinski definition) is 4. The fourth-order valence-electron chi connectivity index (χ4n) is 2.74. The van der Waals surface area contributed by atoms with Crippen molar-refractivity contribution in [1.82, 2.24) is 9.97 Å². The highest BCUT2D eigenvalue weighted by atomic mass is 19.1. The summed E-state index contributed by atoms with van der Waals surface area (Å²) in [6, 6.07) is 16.3. The second-order valence-corrected chi connectivity index (χ2v) is 5.69. The van der Waals surface area contributed by atoms with Gasteiger partial charge in [0, 0.05) is 5.56 Å². The number of nitrogens with one attached hydrogen (secondary N) is 1. The Balaban J connectivity index is 1.82. The zero-order valence-electron chi connectivity index (χ0n) is 13.9. The SMILES string of the molecule is COc1ccc(NC(=O)c2ccc(F)cc2)c2nc3ccccc3nc12. The number of para-hydroxylation sites is 2. The van der Waals surface area contributed by atoms with E-state index in [-0.39, 0.29) is 5.91 Å². The number of anilines is 1. The van der Waals surface area contributed by atoms with Gasteiger partial charge in [0.1, 0.15) is 22.6 Å². The molecule has 0 aliphatic heterocycles. The van der Waals surface area contributed by atoms with Crippen molar-refractivity contribution in [1.29, 1.82) is 0 Å². The Morgan fingerprint density at radius 2 is 1.58 bits per heavy atom.